The molecular formula is C83H76F2N20O13. The molecule has 5 N–H and O–H groups in total. The second-order valence-electron chi connectivity index (χ2n) is 28.2. The number of aromatic amines is 1. The zero-order valence-corrected chi connectivity index (χ0v) is 63.9. The van der Waals surface area contributed by atoms with Crippen LogP contribution < -0.4 is 59.8 Å². The monoisotopic (exact) mass is 1600 g/mol. The molecule has 4 atom stereocenters. The number of nitrogens with zero attached hydrogens (tertiary/aromatic N) is 15. The number of hydrogen-bond donors (Lipinski definition) is 5. The zero-order valence-electron chi connectivity index (χ0n) is 63.9. The van der Waals surface area contributed by atoms with E-state index >= 15 is 0 Å². The van der Waals surface area contributed by atoms with Gasteiger partial charge in [-0.05, 0) is 109 Å². The lowest BCUT2D eigenvalue weighted by molar-refractivity contribution is -0.121. The van der Waals surface area contributed by atoms with Crippen molar-refractivity contribution in [3.05, 3.63) is 281 Å². The molecule has 0 bridgehead atoms. The largest absolute Gasteiger partial charge is 0.487 e. The average Bonchev–Trinajstić information content (AvgIpc) is 1.59. The molecule has 2 aliphatic carbocycles. The first-order valence-corrected chi connectivity index (χ1v) is 37.4. The van der Waals surface area contributed by atoms with Crippen LogP contribution in [0.2, 0.25) is 0 Å². The van der Waals surface area contributed by atoms with Gasteiger partial charge in [-0.15, -0.1) is 0 Å². The number of aromatic nitrogens is 12. The zero-order chi connectivity index (χ0) is 82.2. The average molecular weight is 1600 g/mol. The van der Waals surface area contributed by atoms with Gasteiger partial charge in [0, 0.05) is 76.4 Å². The summed E-state index contributed by atoms with van der Waals surface area (Å²) in [5.41, 5.74) is 4.13. The molecule has 2 saturated carbocycles. The van der Waals surface area contributed by atoms with Gasteiger partial charge in [-0.3, -0.25) is 77.4 Å². The van der Waals surface area contributed by atoms with Gasteiger partial charge in [0.1, 0.15) is 62.0 Å². The Bertz CT molecular complexity index is 5360. The van der Waals surface area contributed by atoms with Crippen LogP contribution in [0.1, 0.15) is 101 Å². The van der Waals surface area contributed by atoms with Gasteiger partial charge in [0.2, 0.25) is 0 Å². The number of carbonyl (C=O) groups excluding carboxylic acids is 8. The highest BCUT2D eigenvalue weighted by Gasteiger charge is 2.50. The van der Waals surface area contributed by atoms with Crippen LogP contribution in [0.3, 0.4) is 0 Å². The summed E-state index contributed by atoms with van der Waals surface area (Å²) in [6.45, 7) is 0.357. The number of hydrogen-bond acceptors (Lipinski definition) is 22. The first kappa shape index (κ1) is 78.3. The Morgan fingerprint density at radius 2 is 0.805 bits per heavy atom. The van der Waals surface area contributed by atoms with Gasteiger partial charge in [-0.2, -0.15) is 15.3 Å². The summed E-state index contributed by atoms with van der Waals surface area (Å²) in [6.07, 6.45) is 14.0. The van der Waals surface area contributed by atoms with Crippen molar-refractivity contribution in [1.82, 2.24) is 81.1 Å². The second-order valence-corrected chi connectivity index (χ2v) is 28.2. The summed E-state index contributed by atoms with van der Waals surface area (Å²) < 4.78 is 59.3. The number of ether oxygens (including phenoxy) is 4. The van der Waals surface area contributed by atoms with E-state index in [9.17, 15) is 47.1 Å². The van der Waals surface area contributed by atoms with Gasteiger partial charge >= 0.3 is 0 Å². The van der Waals surface area contributed by atoms with Gasteiger partial charge in [-0.1, -0.05) is 102 Å². The maximum atomic E-state index is 14.3. The quantitative estimate of drug-likeness (QED) is 0.0651. The summed E-state index contributed by atoms with van der Waals surface area (Å²) in [5, 5.41) is 29.7. The van der Waals surface area contributed by atoms with Gasteiger partial charge in [0.05, 0.1) is 36.6 Å². The Kier molecular flexibility index (Phi) is 22.6. The fourth-order valence-corrected chi connectivity index (χ4v) is 13.8. The van der Waals surface area contributed by atoms with Crippen LogP contribution in [-0.2, 0) is 43.1 Å². The number of carbonyl (C=O) groups is 8. The molecular weight excluding hydrogens is 1520 g/mol. The highest BCUT2D eigenvalue weighted by Crippen LogP contribution is 2.54. The van der Waals surface area contributed by atoms with Crippen LogP contribution in [0.5, 0.6) is 23.0 Å². The number of anilines is 4. The van der Waals surface area contributed by atoms with Crippen molar-refractivity contribution in [1.29, 1.82) is 0 Å². The van der Waals surface area contributed by atoms with Crippen LogP contribution in [0.15, 0.2) is 218 Å². The van der Waals surface area contributed by atoms with E-state index in [-0.39, 0.29) is 72.7 Å². The van der Waals surface area contributed by atoms with E-state index in [0.717, 1.165) is 54.9 Å². The highest BCUT2D eigenvalue weighted by atomic mass is 19.1. The summed E-state index contributed by atoms with van der Waals surface area (Å²) in [4.78, 5) is 128. The van der Waals surface area contributed by atoms with E-state index in [1.165, 1.54) is 54.8 Å². The summed E-state index contributed by atoms with van der Waals surface area (Å²) in [5.74, 6) is -1.44. The summed E-state index contributed by atoms with van der Waals surface area (Å²) in [6, 6.07) is 48.4. The van der Waals surface area contributed by atoms with Crippen LogP contribution >= 0.6 is 0 Å². The molecule has 600 valence electrons. The Hall–Kier alpha value is -14.9. The topological polar surface area (TPSA) is 389 Å². The number of pyridine rings is 5. The van der Waals surface area contributed by atoms with Crippen LogP contribution in [0.25, 0.3) is 0 Å². The molecule has 4 aliphatic heterocycles. The fourth-order valence-electron chi connectivity index (χ4n) is 13.8. The molecule has 0 radical (unpaired) electrons. The Labute approximate surface area is 671 Å². The predicted octanol–water partition coefficient (Wildman–Crippen LogP) is 6.98. The van der Waals surface area contributed by atoms with E-state index in [4.69, 9.17) is 23.5 Å². The maximum Gasteiger partial charge on any atom is 0.275 e. The molecule has 118 heavy (non-hydrogen) atoms. The molecule has 33 nitrogen and oxygen atoms in total. The molecule has 9 aromatic heterocycles. The van der Waals surface area contributed by atoms with Crippen molar-refractivity contribution < 1.29 is 70.6 Å². The molecule has 18 rings (SSSR count). The minimum Gasteiger partial charge on any atom is -0.487 e. The van der Waals surface area contributed by atoms with Crippen LogP contribution in [0.4, 0.5) is 32.1 Å². The van der Waals surface area contributed by atoms with E-state index in [2.05, 4.69) is 96.0 Å². The van der Waals surface area contributed by atoms with E-state index in [1.54, 1.807) is 118 Å². The molecule has 8 amide bonds. The Morgan fingerprint density at radius 3 is 1.21 bits per heavy atom. The third kappa shape index (κ3) is 16.9. The standard InChI is InChI=1S/C22H21N5O3.C22H20N4O4.C20H18FN5O3.C19H17FN6O3/c1-27-19-17(8-5-11-23-19)30-13-16(21(27)29)24-20(28)15-12-18(26-25-15)22(9-10-22)14-6-3-2-4-7-14;1-26-19-17(8-5-11-23-19)29-13-16(21(26)28)24-20(27)15-12-18(30-25-15)22(9-10-22)14-6-3-2-4-7-14;1-25-18-16(8-5-9-22-18)29-12-15(20(25)28)23-19(27)17-14(21)11-26(24-17)10-13-6-3-2-4-7-13;1-25-17-15(6-4-8-22-17)29-11-14(19(25)28)23-18(27)16-13(20)10-26(24-16)9-12-5-2-3-7-21-12/h2-8,11-12,16H,9-10,13H2,1H3,(H,24,28)(H,25,26);2-8,11-12,16H,9-10,13H2,1H3,(H,24,27);2-9,11,15H,10,12H2,1H3,(H,23,27);2-8,10,14H,9,11H2,1H3,(H,23,27)/t2*16-;15-;14-/m0000/s1. The van der Waals surface area contributed by atoms with Crippen molar-refractivity contribution in [2.24, 2.45) is 0 Å². The van der Waals surface area contributed by atoms with Crippen molar-refractivity contribution in [2.45, 2.75) is 73.8 Å². The lowest BCUT2D eigenvalue weighted by atomic mass is 9.92. The van der Waals surface area contributed by atoms with Crippen LogP contribution in [0, 0.1) is 11.6 Å². The molecule has 0 unspecified atom stereocenters. The number of amides is 8. The smallest absolute Gasteiger partial charge is 0.275 e. The lowest BCUT2D eigenvalue weighted by Crippen LogP contribution is -2.49. The van der Waals surface area contributed by atoms with Crippen molar-refractivity contribution >= 4 is 70.5 Å². The number of nitrogens with one attached hydrogen (secondary N) is 5. The summed E-state index contributed by atoms with van der Waals surface area (Å²) >= 11 is 0. The van der Waals surface area contributed by atoms with Crippen molar-refractivity contribution in [2.75, 3.05) is 74.2 Å². The third-order valence-corrected chi connectivity index (χ3v) is 20.4. The molecule has 2 fully saturated rings. The summed E-state index contributed by atoms with van der Waals surface area (Å²) in [7, 11) is 6.29. The predicted molar refractivity (Wildman–Crippen MR) is 419 cm³/mol. The van der Waals surface area contributed by atoms with Crippen molar-refractivity contribution in [3.63, 3.8) is 0 Å². The first-order chi connectivity index (χ1) is 57.2. The molecule has 0 spiro atoms. The van der Waals surface area contributed by atoms with Crippen molar-refractivity contribution in [3.8, 4) is 23.0 Å². The number of rotatable bonds is 16. The number of halogens is 2. The lowest BCUT2D eigenvalue weighted by Gasteiger charge is -2.19. The number of benzene rings is 3. The van der Waals surface area contributed by atoms with E-state index in [1.807, 2.05) is 66.7 Å². The second kappa shape index (κ2) is 34.0. The molecule has 0 saturated heterocycles. The van der Waals surface area contributed by atoms with Crippen LogP contribution in [-0.4, -0.2) is 186 Å². The van der Waals surface area contributed by atoms with Gasteiger partial charge in [0.25, 0.3) is 47.3 Å². The van der Waals surface area contributed by atoms with Gasteiger partial charge in [0.15, 0.2) is 75.0 Å². The number of fused-ring (bicyclic) bond motifs is 4. The molecule has 13 heterocycles. The third-order valence-electron chi connectivity index (χ3n) is 20.4. The minimum atomic E-state index is -1.01. The normalized spacial score (nSPS) is 17.7. The molecule has 3 aromatic carbocycles. The minimum absolute atomic E-state index is 0.00622. The van der Waals surface area contributed by atoms with E-state index < -0.39 is 76.9 Å². The number of likely N-dealkylation sites (N-methyl/N-ethyl adjacent to an activating group) is 4. The first-order valence-electron chi connectivity index (χ1n) is 37.4. The number of H-pyrrole nitrogens is 1. The van der Waals surface area contributed by atoms with E-state index in [0.29, 0.717) is 64.3 Å². The van der Waals surface area contributed by atoms with Gasteiger partial charge < -0.3 is 44.7 Å². The highest BCUT2D eigenvalue weighted by molar-refractivity contribution is 6.05. The SMILES string of the molecule is CN1C(=O)[C@@H](NC(=O)c2cc(C3(c4ccccc4)CC3)[nH]n2)COc2cccnc21.CN1C(=O)[C@@H](NC(=O)c2cc(C3(c4ccccc4)CC3)on2)COc2cccnc21.CN1C(=O)[C@@H](NC(=O)c2nn(Cc3ccccc3)cc2F)COc2cccnc21.CN1C(=O)[C@@H](NC(=O)c2nn(Cc3ccccn3)cc2F)COc2cccnc21. The molecule has 12 aromatic rings. The molecule has 6 aliphatic rings. The maximum absolute atomic E-state index is 14.3. The Morgan fingerprint density at radius 1 is 0.432 bits per heavy atom. The Balaban J connectivity index is 0.000000123. The molecule has 35 heteroatoms. The fraction of sp³-hybridized carbons (Fsp3) is 0.241. The van der Waals surface area contributed by atoms with Gasteiger partial charge in [-0.25, -0.2) is 28.7 Å².